The summed E-state index contributed by atoms with van der Waals surface area (Å²) in [6.45, 7) is 8.42. The highest BCUT2D eigenvalue weighted by atomic mass is 79.9. The molecule has 0 saturated carbocycles. The Kier molecular flexibility index (Phi) is 5.28. The minimum atomic E-state index is -0.410. The first-order valence-electron chi connectivity index (χ1n) is 7.69. The number of hydrogen-bond acceptors (Lipinski definition) is 3. The number of likely N-dealkylation sites (tertiary alicyclic amines) is 1. The maximum Gasteiger partial charge on any atom is 0.140 e. The van der Waals surface area contributed by atoms with Gasteiger partial charge >= 0.3 is 0 Å². The summed E-state index contributed by atoms with van der Waals surface area (Å²) in [4.78, 5) is 14.9. The van der Waals surface area contributed by atoms with Crippen molar-refractivity contribution in [2.24, 2.45) is 5.92 Å². The van der Waals surface area contributed by atoms with E-state index in [0.29, 0.717) is 15.7 Å². The van der Waals surface area contributed by atoms with E-state index in [1.807, 2.05) is 0 Å². The van der Waals surface area contributed by atoms with Gasteiger partial charge in [-0.2, -0.15) is 0 Å². The number of piperidine rings is 1. The Bertz CT molecular complexity index is 537. The van der Waals surface area contributed by atoms with Gasteiger partial charge in [0.25, 0.3) is 0 Å². The first-order chi connectivity index (χ1) is 10.2. The molecule has 0 atom stereocenters. The molecule has 1 aromatic carbocycles. The number of halogens is 2. The number of rotatable bonds is 3. The number of nitrogen functional groups attached to an aromatic ring is 1. The van der Waals surface area contributed by atoms with Crippen LogP contribution in [0.3, 0.4) is 0 Å². The molecule has 0 amide bonds. The van der Waals surface area contributed by atoms with Crippen LogP contribution in [-0.4, -0.2) is 29.3 Å². The second-order valence-electron chi connectivity index (χ2n) is 7.04. The second kappa shape index (κ2) is 6.67. The van der Waals surface area contributed by atoms with Crippen molar-refractivity contribution in [1.82, 2.24) is 4.90 Å². The Morgan fingerprint density at radius 2 is 1.95 bits per heavy atom. The van der Waals surface area contributed by atoms with Crippen LogP contribution < -0.4 is 5.73 Å². The van der Waals surface area contributed by atoms with E-state index >= 15 is 0 Å². The molecule has 0 unspecified atom stereocenters. The molecule has 22 heavy (non-hydrogen) atoms. The second-order valence-corrected chi connectivity index (χ2v) is 7.89. The van der Waals surface area contributed by atoms with Gasteiger partial charge in [-0.05, 0) is 58.8 Å². The summed E-state index contributed by atoms with van der Waals surface area (Å²) < 4.78 is 14.6. The van der Waals surface area contributed by atoms with E-state index in [-0.39, 0.29) is 23.7 Å². The van der Waals surface area contributed by atoms with Crippen LogP contribution in [0.25, 0.3) is 0 Å². The monoisotopic (exact) mass is 370 g/mol. The van der Waals surface area contributed by atoms with Crippen LogP contribution in [0.15, 0.2) is 16.6 Å². The fourth-order valence-corrected chi connectivity index (χ4v) is 3.58. The molecule has 1 aliphatic heterocycles. The minimum absolute atomic E-state index is 0.0300. The molecule has 3 nitrogen and oxygen atoms in total. The number of nitrogens with zero attached hydrogens (tertiary/aromatic N) is 1. The van der Waals surface area contributed by atoms with Gasteiger partial charge in [-0.25, -0.2) is 4.39 Å². The summed E-state index contributed by atoms with van der Waals surface area (Å²) in [5.74, 6) is -0.257. The van der Waals surface area contributed by atoms with Crippen molar-refractivity contribution in [2.75, 3.05) is 18.8 Å². The molecule has 1 aliphatic rings. The zero-order chi connectivity index (χ0) is 16.5. The number of Topliss-reactive ketones (excluding diaryl/α,β-unsaturated/α-hetero) is 1. The lowest BCUT2D eigenvalue weighted by atomic mass is 9.87. The summed E-state index contributed by atoms with van der Waals surface area (Å²) in [6.07, 6.45) is 1.83. The number of carbonyl (C=O) groups excluding carboxylic acids is 1. The highest BCUT2D eigenvalue weighted by molar-refractivity contribution is 9.10. The van der Waals surface area contributed by atoms with Gasteiger partial charge in [0.05, 0.1) is 0 Å². The van der Waals surface area contributed by atoms with Crippen molar-refractivity contribution in [3.63, 3.8) is 0 Å². The van der Waals surface area contributed by atoms with Crippen LogP contribution >= 0.6 is 15.9 Å². The predicted molar refractivity (Wildman–Crippen MR) is 91.3 cm³/mol. The van der Waals surface area contributed by atoms with Gasteiger partial charge in [0.1, 0.15) is 11.6 Å². The molecular formula is C17H24BrFN2O. The average Bonchev–Trinajstić information content (AvgIpc) is 2.41. The van der Waals surface area contributed by atoms with Crippen molar-refractivity contribution in [3.05, 3.63) is 28.0 Å². The van der Waals surface area contributed by atoms with Gasteiger partial charge in [0, 0.05) is 33.6 Å². The molecule has 0 spiro atoms. The highest BCUT2D eigenvalue weighted by Crippen LogP contribution is 2.28. The summed E-state index contributed by atoms with van der Waals surface area (Å²) in [7, 11) is 0. The van der Waals surface area contributed by atoms with Gasteiger partial charge in [0.2, 0.25) is 0 Å². The van der Waals surface area contributed by atoms with Crippen molar-refractivity contribution in [1.29, 1.82) is 0 Å². The van der Waals surface area contributed by atoms with E-state index in [2.05, 4.69) is 41.6 Å². The van der Waals surface area contributed by atoms with E-state index in [1.54, 1.807) is 6.07 Å². The topological polar surface area (TPSA) is 46.3 Å². The molecule has 2 rings (SSSR count). The lowest BCUT2D eigenvalue weighted by Gasteiger charge is -2.40. The highest BCUT2D eigenvalue weighted by Gasteiger charge is 2.30. The number of anilines is 1. The SMILES string of the molecule is CC(C)(C)N1CCC(C(=O)Cc2c(F)cc(N)cc2Br)CC1. The quantitative estimate of drug-likeness (QED) is 0.823. The summed E-state index contributed by atoms with van der Waals surface area (Å²) >= 11 is 3.31. The molecule has 1 fully saturated rings. The third kappa shape index (κ3) is 4.07. The molecule has 0 bridgehead atoms. The molecule has 1 aromatic rings. The minimum Gasteiger partial charge on any atom is -0.399 e. The summed E-state index contributed by atoms with van der Waals surface area (Å²) in [5, 5.41) is 0. The Morgan fingerprint density at radius 3 is 2.45 bits per heavy atom. The molecule has 5 heteroatoms. The van der Waals surface area contributed by atoms with E-state index in [4.69, 9.17) is 5.73 Å². The van der Waals surface area contributed by atoms with Gasteiger partial charge in [-0.3, -0.25) is 9.69 Å². The lowest BCUT2D eigenvalue weighted by Crippen LogP contribution is -2.47. The zero-order valence-electron chi connectivity index (χ0n) is 13.5. The summed E-state index contributed by atoms with van der Waals surface area (Å²) in [5.41, 5.74) is 6.51. The lowest BCUT2D eigenvalue weighted by molar-refractivity contribution is -0.124. The first-order valence-corrected chi connectivity index (χ1v) is 8.49. The van der Waals surface area contributed by atoms with Crippen molar-refractivity contribution in [3.8, 4) is 0 Å². The smallest absolute Gasteiger partial charge is 0.140 e. The first kappa shape index (κ1) is 17.4. The van der Waals surface area contributed by atoms with Crippen molar-refractivity contribution in [2.45, 2.75) is 45.6 Å². The molecule has 1 heterocycles. The van der Waals surface area contributed by atoms with Crippen molar-refractivity contribution >= 4 is 27.4 Å². The number of nitrogens with two attached hydrogens (primary N) is 1. The zero-order valence-corrected chi connectivity index (χ0v) is 15.0. The van der Waals surface area contributed by atoms with Crippen LogP contribution in [0.2, 0.25) is 0 Å². The third-order valence-electron chi connectivity index (χ3n) is 4.41. The van der Waals surface area contributed by atoms with Crippen LogP contribution in [-0.2, 0) is 11.2 Å². The fourth-order valence-electron chi connectivity index (χ4n) is 2.98. The Balaban J connectivity index is 2.00. The van der Waals surface area contributed by atoms with E-state index < -0.39 is 5.82 Å². The number of hydrogen-bond donors (Lipinski definition) is 1. The van der Waals surface area contributed by atoms with Crippen LogP contribution in [0.1, 0.15) is 39.2 Å². The third-order valence-corrected chi connectivity index (χ3v) is 5.12. The maximum atomic E-state index is 14.0. The van der Waals surface area contributed by atoms with Gasteiger partial charge < -0.3 is 5.73 Å². The van der Waals surface area contributed by atoms with E-state index in [0.717, 1.165) is 25.9 Å². The summed E-state index contributed by atoms with van der Waals surface area (Å²) in [6, 6.07) is 2.92. The molecule has 122 valence electrons. The molecule has 2 N–H and O–H groups in total. The Morgan fingerprint density at radius 1 is 1.36 bits per heavy atom. The van der Waals surface area contributed by atoms with Crippen LogP contribution in [0.4, 0.5) is 10.1 Å². The van der Waals surface area contributed by atoms with Crippen LogP contribution in [0, 0.1) is 11.7 Å². The number of carbonyl (C=O) groups is 1. The molecule has 0 aliphatic carbocycles. The Labute approximate surface area is 140 Å². The van der Waals surface area contributed by atoms with E-state index in [1.165, 1.54) is 6.07 Å². The van der Waals surface area contributed by atoms with Gasteiger partial charge in [-0.15, -0.1) is 0 Å². The number of ketones is 1. The van der Waals surface area contributed by atoms with Crippen LogP contribution in [0.5, 0.6) is 0 Å². The number of benzene rings is 1. The van der Waals surface area contributed by atoms with E-state index in [9.17, 15) is 9.18 Å². The van der Waals surface area contributed by atoms with Crippen molar-refractivity contribution < 1.29 is 9.18 Å². The van der Waals surface area contributed by atoms with Gasteiger partial charge in [0.15, 0.2) is 0 Å². The standard InChI is InChI=1S/C17H24BrFN2O/c1-17(2,3)21-6-4-11(5-7-21)16(22)10-13-14(18)8-12(20)9-15(13)19/h8-9,11H,4-7,10,20H2,1-3H3. The Hall–Kier alpha value is -0.940. The average molecular weight is 371 g/mol. The fraction of sp³-hybridized carbons (Fsp3) is 0.588. The molecule has 0 aromatic heterocycles. The molecule has 1 saturated heterocycles. The van der Waals surface area contributed by atoms with Gasteiger partial charge in [-0.1, -0.05) is 15.9 Å². The largest absolute Gasteiger partial charge is 0.399 e. The maximum absolute atomic E-state index is 14.0. The predicted octanol–water partition coefficient (Wildman–Crippen LogP) is 3.79. The normalized spacial score (nSPS) is 17.7. The molecular weight excluding hydrogens is 347 g/mol. The molecule has 0 radical (unpaired) electrons.